The summed E-state index contributed by atoms with van der Waals surface area (Å²) >= 11 is 0. The van der Waals surface area contributed by atoms with Crippen LogP contribution in [0.3, 0.4) is 0 Å². The largest absolute Gasteiger partial charge is 0.493 e. The van der Waals surface area contributed by atoms with Gasteiger partial charge in [-0.05, 0) is 69.1 Å². The van der Waals surface area contributed by atoms with E-state index in [2.05, 4.69) is 74.5 Å². The summed E-state index contributed by atoms with van der Waals surface area (Å²) in [6.07, 6.45) is 9.80. The van der Waals surface area contributed by atoms with Gasteiger partial charge in [0.25, 0.3) is 0 Å². The molecule has 1 heteroatoms. The molecular weight excluding hydrogens is 292 g/mol. The molecule has 0 radical (unpaired) electrons. The lowest BCUT2D eigenvalue weighted by Crippen LogP contribution is -2.19. The van der Waals surface area contributed by atoms with E-state index in [0.29, 0.717) is 5.92 Å². The lowest BCUT2D eigenvalue weighted by atomic mass is 9.82. The molecule has 1 saturated carbocycles. The molecule has 0 N–H and O–H groups in total. The Balaban J connectivity index is 1.42. The molecule has 24 heavy (non-hydrogen) atoms. The highest BCUT2D eigenvalue weighted by Gasteiger charge is 2.20. The van der Waals surface area contributed by atoms with Crippen molar-refractivity contribution in [3.05, 3.63) is 71.3 Å². The van der Waals surface area contributed by atoms with Gasteiger partial charge in [0.1, 0.15) is 5.75 Å². The van der Waals surface area contributed by atoms with Gasteiger partial charge in [0.2, 0.25) is 0 Å². The Morgan fingerprint density at radius 2 is 1.42 bits per heavy atom. The van der Waals surface area contributed by atoms with Crippen LogP contribution in [0.5, 0.6) is 5.75 Å². The first kappa shape index (κ1) is 16.8. The Morgan fingerprint density at radius 1 is 0.833 bits per heavy atom. The monoisotopic (exact) mass is 320 g/mol. The molecule has 0 spiro atoms. The van der Waals surface area contributed by atoms with Gasteiger partial charge in [-0.15, -0.1) is 0 Å². The molecule has 1 aliphatic rings. The summed E-state index contributed by atoms with van der Waals surface area (Å²) in [5.74, 6) is 2.43. The molecular formula is C23H28O. The molecule has 0 heterocycles. The fourth-order valence-corrected chi connectivity index (χ4v) is 3.32. The van der Waals surface area contributed by atoms with Crippen molar-refractivity contribution in [2.45, 2.75) is 39.5 Å². The van der Waals surface area contributed by atoms with Crippen LogP contribution in [0.4, 0.5) is 0 Å². The number of hydrogen-bond acceptors (Lipinski definition) is 1. The van der Waals surface area contributed by atoms with E-state index in [1.54, 1.807) is 0 Å². The molecule has 126 valence electrons. The van der Waals surface area contributed by atoms with Crippen LogP contribution in [0.2, 0.25) is 0 Å². The van der Waals surface area contributed by atoms with Crippen LogP contribution >= 0.6 is 0 Å². The third kappa shape index (κ3) is 4.99. The number of rotatable bonds is 5. The molecule has 0 unspecified atom stereocenters. The number of allylic oxidation sites excluding steroid dienone is 1. The topological polar surface area (TPSA) is 9.23 Å². The molecule has 0 amide bonds. The summed E-state index contributed by atoms with van der Waals surface area (Å²) in [4.78, 5) is 0. The molecule has 1 aliphatic carbocycles. The molecule has 0 aromatic heterocycles. The average molecular weight is 320 g/mol. The van der Waals surface area contributed by atoms with Crippen molar-refractivity contribution in [1.82, 2.24) is 0 Å². The van der Waals surface area contributed by atoms with Gasteiger partial charge < -0.3 is 4.74 Å². The third-order valence-electron chi connectivity index (χ3n) is 5.04. The van der Waals surface area contributed by atoms with Crippen molar-refractivity contribution in [2.75, 3.05) is 6.61 Å². The van der Waals surface area contributed by atoms with Crippen molar-refractivity contribution in [1.29, 1.82) is 0 Å². The van der Waals surface area contributed by atoms with Gasteiger partial charge in [0.15, 0.2) is 0 Å². The number of hydrogen-bond donors (Lipinski definition) is 0. The van der Waals surface area contributed by atoms with Gasteiger partial charge in [-0.25, -0.2) is 0 Å². The number of benzene rings is 2. The van der Waals surface area contributed by atoms with E-state index in [-0.39, 0.29) is 0 Å². The van der Waals surface area contributed by atoms with Crippen LogP contribution < -0.4 is 4.74 Å². The molecule has 0 aliphatic heterocycles. The molecule has 3 rings (SSSR count). The molecule has 1 nitrogen and oxygen atoms in total. The van der Waals surface area contributed by atoms with Crippen LogP contribution in [0, 0.1) is 25.7 Å². The zero-order chi connectivity index (χ0) is 16.8. The maximum absolute atomic E-state index is 5.96. The van der Waals surface area contributed by atoms with Crippen LogP contribution in [0.25, 0.3) is 6.08 Å². The SMILES string of the molecule is Cc1ccc(C=CC2CCC(COc3ccc(C)cc3)CC2)cc1. The zero-order valence-corrected chi connectivity index (χ0v) is 14.9. The second-order valence-electron chi connectivity index (χ2n) is 7.17. The van der Waals surface area contributed by atoms with E-state index in [1.165, 1.54) is 42.4 Å². The van der Waals surface area contributed by atoms with Crippen LogP contribution in [0.15, 0.2) is 54.6 Å². The lowest BCUT2D eigenvalue weighted by molar-refractivity contribution is 0.195. The fraction of sp³-hybridized carbons (Fsp3) is 0.391. The Labute approximate surface area is 146 Å². The number of aryl methyl sites for hydroxylation is 2. The van der Waals surface area contributed by atoms with Crippen molar-refractivity contribution in [3.8, 4) is 5.75 Å². The highest BCUT2D eigenvalue weighted by Crippen LogP contribution is 2.30. The maximum Gasteiger partial charge on any atom is 0.119 e. The molecule has 2 aromatic rings. The minimum absolute atomic E-state index is 0.704. The molecule has 0 bridgehead atoms. The minimum Gasteiger partial charge on any atom is -0.493 e. The van der Waals surface area contributed by atoms with Gasteiger partial charge in [0.05, 0.1) is 6.61 Å². The van der Waals surface area contributed by atoms with Crippen molar-refractivity contribution >= 4 is 6.08 Å². The molecule has 1 fully saturated rings. The van der Waals surface area contributed by atoms with Crippen LogP contribution in [-0.2, 0) is 0 Å². The second-order valence-corrected chi connectivity index (χ2v) is 7.17. The van der Waals surface area contributed by atoms with Crippen molar-refractivity contribution in [3.63, 3.8) is 0 Å². The van der Waals surface area contributed by atoms with E-state index in [1.807, 2.05) is 0 Å². The molecule has 0 atom stereocenters. The van der Waals surface area contributed by atoms with Gasteiger partial charge >= 0.3 is 0 Å². The first-order chi connectivity index (χ1) is 11.7. The zero-order valence-electron chi connectivity index (χ0n) is 14.9. The summed E-state index contributed by atoms with van der Waals surface area (Å²) in [6.45, 7) is 5.10. The highest BCUT2D eigenvalue weighted by atomic mass is 16.5. The Hall–Kier alpha value is -2.02. The Bertz CT molecular complexity index is 643. The normalized spacial score (nSPS) is 21.1. The third-order valence-corrected chi connectivity index (χ3v) is 5.04. The van der Waals surface area contributed by atoms with Crippen molar-refractivity contribution in [2.24, 2.45) is 11.8 Å². The van der Waals surface area contributed by atoms with Crippen molar-refractivity contribution < 1.29 is 4.74 Å². The predicted molar refractivity (Wildman–Crippen MR) is 102 cm³/mol. The lowest BCUT2D eigenvalue weighted by Gasteiger charge is -2.26. The van der Waals surface area contributed by atoms with E-state index >= 15 is 0 Å². The van der Waals surface area contributed by atoms with E-state index in [9.17, 15) is 0 Å². The quantitative estimate of drug-likeness (QED) is 0.637. The smallest absolute Gasteiger partial charge is 0.119 e. The van der Waals surface area contributed by atoms with E-state index in [0.717, 1.165) is 18.3 Å². The Morgan fingerprint density at radius 3 is 2.04 bits per heavy atom. The number of ether oxygens (including phenoxy) is 1. The van der Waals surface area contributed by atoms with Gasteiger partial charge in [-0.3, -0.25) is 0 Å². The molecule has 2 aromatic carbocycles. The van der Waals surface area contributed by atoms with E-state index in [4.69, 9.17) is 4.74 Å². The Kier molecular flexibility index (Phi) is 5.74. The van der Waals surface area contributed by atoms with Gasteiger partial charge in [-0.2, -0.15) is 0 Å². The average Bonchev–Trinajstić information content (AvgIpc) is 2.62. The van der Waals surface area contributed by atoms with Crippen LogP contribution in [-0.4, -0.2) is 6.61 Å². The second kappa shape index (κ2) is 8.19. The highest BCUT2D eigenvalue weighted by molar-refractivity contribution is 5.49. The molecule has 0 saturated heterocycles. The van der Waals surface area contributed by atoms with Gasteiger partial charge in [0, 0.05) is 0 Å². The minimum atomic E-state index is 0.704. The first-order valence-electron chi connectivity index (χ1n) is 9.13. The summed E-state index contributed by atoms with van der Waals surface area (Å²) in [5.41, 5.74) is 3.91. The standard InChI is InChI=1S/C23H28O/c1-18-3-7-20(8-4-18)9-10-21-11-13-22(14-12-21)17-24-23-15-5-19(2)6-16-23/h3-10,15-16,21-22H,11-14,17H2,1-2H3. The predicted octanol–water partition coefficient (Wildman–Crippen LogP) is 6.20. The van der Waals surface area contributed by atoms with Crippen LogP contribution in [0.1, 0.15) is 42.4 Å². The summed E-state index contributed by atoms with van der Waals surface area (Å²) < 4.78 is 5.96. The summed E-state index contributed by atoms with van der Waals surface area (Å²) in [7, 11) is 0. The summed E-state index contributed by atoms with van der Waals surface area (Å²) in [5, 5.41) is 0. The van der Waals surface area contributed by atoms with E-state index < -0.39 is 0 Å². The van der Waals surface area contributed by atoms with Gasteiger partial charge in [-0.1, -0.05) is 59.7 Å². The first-order valence-corrected chi connectivity index (χ1v) is 9.13. The summed E-state index contributed by atoms with van der Waals surface area (Å²) in [6, 6.07) is 17.1. The fourth-order valence-electron chi connectivity index (χ4n) is 3.32. The maximum atomic E-state index is 5.96.